The highest BCUT2D eigenvalue weighted by Crippen LogP contribution is 2.12. The lowest BCUT2D eigenvalue weighted by molar-refractivity contribution is -0.140. The largest absolute Gasteiger partial charge is 0.466 e. The molecule has 0 saturated heterocycles. The number of carbonyl (C=O) groups is 2. The zero-order valence-corrected chi connectivity index (χ0v) is 12.8. The first kappa shape index (κ1) is 18.2. The van der Waals surface area contributed by atoms with E-state index in [1.54, 1.807) is 6.92 Å². The second-order valence-corrected chi connectivity index (χ2v) is 4.05. The molecular weight excluding hydrogens is 256 g/mol. The van der Waals surface area contributed by atoms with Crippen molar-refractivity contribution in [1.82, 2.24) is 0 Å². The van der Waals surface area contributed by atoms with Crippen LogP contribution in [-0.2, 0) is 20.7 Å². The molecule has 0 bridgehead atoms. The van der Waals surface area contributed by atoms with Gasteiger partial charge in [-0.15, -0.1) is 0 Å². The Bertz CT molecular complexity index is 413. The van der Waals surface area contributed by atoms with E-state index >= 15 is 0 Å². The first-order valence-corrected chi connectivity index (χ1v) is 6.95. The van der Waals surface area contributed by atoms with Crippen molar-refractivity contribution in [2.24, 2.45) is 0 Å². The highest BCUT2D eigenvalue weighted by atomic mass is 16.5. The summed E-state index contributed by atoms with van der Waals surface area (Å²) in [5.41, 5.74) is 1.78. The third kappa shape index (κ3) is 7.56. The fourth-order valence-electron chi connectivity index (χ4n) is 1.62. The van der Waals surface area contributed by atoms with E-state index in [2.05, 4.69) is 11.7 Å². The minimum Gasteiger partial charge on any atom is -0.466 e. The van der Waals surface area contributed by atoms with Gasteiger partial charge in [0.2, 0.25) is 0 Å². The molecule has 4 nitrogen and oxygen atoms in total. The molecule has 0 spiro atoms. The van der Waals surface area contributed by atoms with Gasteiger partial charge in [0, 0.05) is 6.92 Å². The number of benzene rings is 1. The molecule has 0 fully saturated rings. The number of aryl methyl sites for hydroxylation is 1. The van der Waals surface area contributed by atoms with Crippen LogP contribution in [0.1, 0.15) is 50.0 Å². The number of hydrogen-bond acceptors (Lipinski definition) is 4. The van der Waals surface area contributed by atoms with E-state index in [4.69, 9.17) is 4.74 Å². The van der Waals surface area contributed by atoms with Crippen molar-refractivity contribution < 1.29 is 19.1 Å². The van der Waals surface area contributed by atoms with Gasteiger partial charge in [-0.05, 0) is 31.9 Å². The summed E-state index contributed by atoms with van der Waals surface area (Å²) >= 11 is 0. The van der Waals surface area contributed by atoms with Crippen LogP contribution in [-0.4, -0.2) is 25.2 Å². The minimum absolute atomic E-state index is 0.211. The zero-order chi connectivity index (χ0) is 15.4. The molecule has 0 N–H and O–H groups in total. The van der Waals surface area contributed by atoms with Crippen LogP contribution >= 0.6 is 0 Å². The van der Waals surface area contributed by atoms with Crippen molar-refractivity contribution in [3.63, 3.8) is 0 Å². The molecule has 0 atom stereocenters. The molecule has 0 unspecified atom stereocenters. The first-order chi connectivity index (χ1) is 9.56. The summed E-state index contributed by atoms with van der Waals surface area (Å²) in [6.45, 7) is 8.00. The summed E-state index contributed by atoms with van der Waals surface area (Å²) in [5.74, 6) is -0.422. The van der Waals surface area contributed by atoms with E-state index in [9.17, 15) is 9.59 Å². The van der Waals surface area contributed by atoms with Crippen LogP contribution in [0.15, 0.2) is 24.3 Å². The van der Waals surface area contributed by atoms with Gasteiger partial charge in [0.05, 0.1) is 18.8 Å². The highest BCUT2D eigenvalue weighted by molar-refractivity contribution is 5.91. The monoisotopic (exact) mass is 280 g/mol. The van der Waals surface area contributed by atoms with E-state index < -0.39 is 0 Å². The van der Waals surface area contributed by atoms with Crippen molar-refractivity contribution in [3.8, 4) is 0 Å². The van der Waals surface area contributed by atoms with Gasteiger partial charge in [0.1, 0.15) is 0 Å². The predicted octanol–water partition coefficient (Wildman–Crippen LogP) is 3.39. The number of carbonyl (C=O) groups excluding carboxylic acids is 2. The smallest absolute Gasteiger partial charge is 0.338 e. The molecule has 0 aliphatic heterocycles. The van der Waals surface area contributed by atoms with Crippen LogP contribution in [0.25, 0.3) is 0 Å². The molecule has 1 rings (SSSR count). The van der Waals surface area contributed by atoms with Gasteiger partial charge in [-0.1, -0.05) is 31.5 Å². The fourth-order valence-corrected chi connectivity index (χ4v) is 1.62. The van der Waals surface area contributed by atoms with Crippen LogP contribution in [0.2, 0.25) is 0 Å². The average Bonchev–Trinajstić information content (AvgIpc) is 2.40. The molecule has 4 heteroatoms. The van der Waals surface area contributed by atoms with E-state index in [0.717, 1.165) is 18.4 Å². The predicted molar refractivity (Wildman–Crippen MR) is 78.7 cm³/mol. The van der Waals surface area contributed by atoms with Crippen LogP contribution in [0, 0.1) is 0 Å². The third-order valence-electron chi connectivity index (χ3n) is 2.38. The Kier molecular flexibility index (Phi) is 10.0. The summed E-state index contributed by atoms with van der Waals surface area (Å²) in [6, 6.07) is 7.62. The molecular formula is C16H24O4. The number of esters is 2. The zero-order valence-electron chi connectivity index (χ0n) is 12.8. The van der Waals surface area contributed by atoms with Gasteiger partial charge in [0.25, 0.3) is 0 Å². The maximum Gasteiger partial charge on any atom is 0.338 e. The van der Waals surface area contributed by atoms with Gasteiger partial charge in [0.15, 0.2) is 0 Å². The molecule has 0 radical (unpaired) electrons. The Morgan fingerprint density at radius 1 is 1.00 bits per heavy atom. The second kappa shape index (κ2) is 11.0. The van der Waals surface area contributed by atoms with Crippen molar-refractivity contribution in [1.29, 1.82) is 0 Å². The molecule has 20 heavy (non-hydrogen) atoms. The number of hydrogen-bond donors (Lipinski definition) is 0. The lowest BCUT2D eigenvalue weighted by atomic mass is 10.0. The van der Waals surface area contributed by atoms with E-state index in [1.165, 1.54) is 6.92 Å². The Balaban J connectivity index is 0.000000511. The lowest BCUT2D eigenvalue weighted by Gasteiger charge is -2.06. The molecule has 0 heterocycles. The van der Waals surface area contributed by atoms with Crippen molar-refractivity contribution in [2.75, 3.05) is 13.2 Å². The van der Waals surface area contributed by atoms with Crippen molar-refractivity contribution >= 4 is 11.9 Å². The molecule has 1 aromatic rings. The SMILES string of the molecule is CCCc1ccccc1C(=O)OCC.CCOC(C)=O. The van der Waals surface area contributed by atoms with Crippen LogP contribution in [0.4, 0.5) is 0 Å². The first-order valence-electron chi connectivity index (χ1n) is 6.95. The maximum absolute atomic E-state index is 11.5. The Morgan fingerprint density at radius 2 is 1.60 bits per heavy atom. The summed E-state index contributed by atoms with van der Waals surface area (Å²) in [5, 5.41) is 0. The Hall–Kier alpha value is -1.84. The molecule has 1 aromatic carbocycles. The molecule has 0 aliphatic carbocycles. The summed E-state index contributed by atoms with van der Waals surface area (Å²) in [4.78, 5) is 21.3. The number of rotatable bonds is 5. The topological polar surface area (TPSA) is 52.6 Å². The van der Waals surface area contributed by atoms with E-state index in [0.29, 0.717) is 18.8 Å². The Morgan fingerprint density at radius 3 is 2.05 bits per heavy atom. The quantitative estimate of drug-likeness (QED) is 0.776. The summed E-state index contributed by atoms with van der Waals surface area (Å²) < 4.78 is 9.38. The standard InChI is InChI=1S/C12H16O2.C4H8O2/c1-3-7-10-8-5-6-9-11(10)12(13)14-4-2;1-3-6-4(2)5/h5-6,8-9H,3-4,7H2,1-2H3;3H2,1-2H3. The summed E-state index contributed by atoms with van der Waals surface area (Å²) in [6.07, 6.45) is 1.96. The van der Waals surface area contributed by atoms with E-state index in [1.807, 2.05) is 31.2 Å². The fraction of sp³-hybridized carbons (Fsp3) is 0.500. The molecule has 0 aliphatic rings. The Labute approximate surface area is 121 Å². The summed E-state index contributed by atoms with van der Waals surface area (Å²) in [7, 11) is 0. The average molecular weight is 280 g/mol. The van der Waals surface area contributed by atoms with Crippen molar-refractivity contribution in [2.45, 2.75) is 40.5 Å². The molecule has 0 aromatic heterocycles. The molecule has 0 amide bonds. The normalized spacial score (nSPS) is 9.20. The van der Waals surface area contributed by atoms with Gasteiger partial charge in [-0.2, -0.15) is 0 Å². The molecule has 112 valence electrons. The van der Waals surface area contributed by atoms with Crippen molar-refractivity contribution in [3.05, 3.63) is 35.4 Å². The van der Waals surface area contributed by atoms with Crippen LogP contribution in [0.3, 0.4) is 0 Å². The third-order valence-corrected chi connectivity index (χ3v) is 2.38. The van der Waals surface area contributed by atoms with Crippen LogP contribution in [0.5, 0.6) is 0 Å². The minimum atomic E-state index is -0.212. The molecule has 0 saturated carbocycles. The lowest BCUT2D eigenvalue weighted by Crippen LogP contribution is -2.07. The van der Waals surface area contributed by atoms with Gasteiger partial charge >= 0.3 is 11.9 Å². The maximum atomic E-state index is 11.5. The van der Waals surface area contributed by atoms with Crippen LogP contribution < -0.4 is 0 Å². The van der Waals surface area contributed by atoms with Gasteiger partial charge < -0.3 is 9.47 Å². The van der Waals surface area contributed by atoms with E-state index in [-0.39, 0.29) is 11.9 Å². The van der Waals surface area contributed by atoms with Gasteiger partial charge in [-0.25, -0.2) is 4.79 Å². The van der Waals surface area contributed by atoms with Gasteiger partial charge in [-0.3, -0.25) is 4.79 Å². The highest BCUT2D eigenvalue weighted by Gasteiger charge is 2.10. The second-order valence-electron chi connectivity index (χ2n) is 4.05. The number of ether oxygens (including phenoxy) is 2.